The summed E-state index contributed by atoms with van der Waals surface area (Å²) in [7, 11) is 0. The largest absolute Gasteiger partial charge is 0.450 e. The fourth-order valence-electron chi connectivity index (χ4n) is 3.48. The van der Waals surface area contributed by atoms with Crippen molar-refractivity contribution in [2.24, 2.45) is 0 Å². The Kier molecular flexibility index (Phi) is 6.57. The lowest BCUT2D eigenvalue weighted by atomic mass is 9.64. The van der Waals surface area contributed by atoms with Crippen LogP contribution in [-0.4, -0.2) is 25.2 Å². The molecule has 2 N–H and O–H groups in total. The molecule has 0 unspecified atom stereocenters. The second-order valence-electron chi connectivity index (χ2n) is 6.99. The van der Waals surface area contributed by atoms with Gasteiger partial charge in [-0.1, -0.05) is 42.3 Å². The molecular weight excluding hydrogens is 376 g/mol. The number of hydrogen-bond donors (Lipinski definition) is 2. The van der Waals surface area contributed by atoms with Crippen LogP contribution in [0.2, 0.25) is 5.02 Å². The molecule has 28 heavy (non-hydrogen) atoms. The third-order valence-electron chi connectivity index (χ3n) is 5.21. The van der Waals surface area contributed by atoms with E-state index in [9.17, 15) is 9.59 Å². The number of halogens is 1. The second kappa shape index (κ2) is 9.11. The van der Waals surface area contributed by atoms with Crippen LogP contribution in [0.15, 0.2) is 48.5 Å². The van der Waals surface area contributed by atoms with Crippen molar-refractivity contribution in [2.45, 2.75) is 38.0 Å². The molecule has 0 atom stereocenters. The van der Waals surface area contributed by atoms with E-state index in [1.807, 2.05) is 48.5 Å². The molecule has 148 valence electrons. The van der Waals surface area contributed by atoms with E-state index in [2.05, 4.69) is 10.6 Å². The highest BCUT2D eigenvalue weighted by molar-refractivity contribution is 6.30. The average Bonchev–Trinajstić information content (AvgIpc) is 2.64. The van der Waals surface area contributed by atoms with Crippen molar-refractivity contribution >= 4 is 29.3 Å². The Labute approximate surface area is 170 Å². The van der Waals surface area contributed by atoms with Crippen LogP contribution in [0.25, 0.3) is 0 Å². The number of carbonyl (C=O) groups is 2. The minimum absolute atomic E-state index is 0.0849. The third kappa shape index (κ3) is 4.65. The lowest BCUT2D eigenvalue weighted by Gasteiger charge is -2.40. The van der Waals surface area contributed by atoms with Gasteiger partial charge in [-0.15, -0.1) is 0 Å². The maximum Gasteiger partial charge on any atom is 0.411 e. The summed E-state index contributed by atoms with van der Waals surface area (Å²) in [6.45, 7) is 2.66. The summed E-state index contributed by atoms with van der Waals surface area (Å²) in [5.41, 5.74) is 2.39. The molecule has 2 aromatic rings. The zero-order valence-electron chi connectivity index (χ0n) is 16.0. The number of hydrogen-bond acceptors (Lipinski definition) is 3. The van der Waals surface area contributed by atoms with Crippen molar-refractivity contribution in [3.05, 3.63) is 64.7 Å². The van der Waals surface area contributed by atoms with Gasteiger partial charge in [0, 0.05) is 17.3 Å². The molecule has 0 bridgehead atoms. The average molecular weight is 401 g/mol. The van der Waals surface area contributed by atoms with Crippen molar-refractivity contribution in [3.8, 4) is 0 Å². The number of anilines is 1. The molecule has 0 aliphatic heterocycles. The Morgan fingerprint density at radius 2 is 1.75 bits per heavy atom. The number of amides is 2. The van der Waals surface area contributed by atoms with Crippen molar-refractivity contribution in [3.63, 3.8) is 0 Å². The SMILES string of the molecule is CCOC(=O)Nc1ccc(CCNC(=O)C2(c3ccc(Cl)cc3)CCC2)cc1. The molecule has 1 fully saturated rings. The van der Waals surface area contributed by atoms with Crippen LogP contribution >= 0.6 is 11.6 Å². The van der Waals surface area contributed by atoms with E-state index in [1.54, 1.807) is 6.92 Å². The van der Waals surface area contributed by atoms with Gasteiger partial charge in [-0.3, -0.25) is 10.1 Å². The van der Waals surface area contributed by atoms with Gasteiger partial charge in [0.25, 0.3) is 0 Å². The van der Waals surface area contributed by atoms with Crippen LogP contribution in [0.4, 0.5) is 10.5 Å². The maximum absolute atomic E-state index is 12.9. The highest BCUT2D eigenvalue weighted by atomic mass is 35.5. The van der Waals surface area contributed by atoms with E-state index in [4.69, 9.17) is 16.3 Å². The molecule has 0 saturated heterocycles. The normalized spacial score (nSPS) is 14.6. The van der Waals surface area contributed by atoms with Crippen LogP contribution in [-0.2, 0) is 21.4 Å². The first-order valence-electron chi connectivity index (χ1n) is 9.60. The maximum atomic E-state index is 12.9. The van der Waals surface area contributed by atoms with Crippen LogP contribution < -0.4 is 10.6 Å². The number of ether oxygens (including phenoxy) is 1. The van der Waals surface area contributed by atoms with E-state index < -0.39 is 11.5 Å². The van der Waals surface area contributed by atoms with Gasteiger partial charge in [-0.05, 0) is 61.6 Å². The van der Waals surface area contributed by atoms with Crippen molar-refractivity contribution in [1.29, 1.82) is 0 Å². The third-order valence-corrected chi connectivity index (χ3v) is 5.47. The van der Waals surface area contributed by atoms with Crippen molar-refractivity contribution in [1.82, 2.24) is 5.32 Å². The molecule has 3 rings (SSSR count). The van der Waals surface area contributed by atoms with Crippen molar-refractivity contribution in [2.75, 3.05) is 18.5 Å². The van der Waals surface area contributed by atoms with Gasteiger partial charge in [-0.25, -0.2) is 4.79 Å². The fourth-order valence-corrected chi connectivity index (χ4v) is 3.60. The predicted molar refractivity (Wildman–Crippen MR) is 111 cm³/mol. The Balaban J connectivity index is 1.52. The molecule has 0 spiro atoms. The van der Waals surface area contributed by atoms with Crippen molar-refractivity contribution < 1.29 is 14.3 Å². The predicted octanol–water partition coefficient (Wildman–Crippen LogP) is 4.69. The van der Waals surface area contributed by atoms with Crippen LogP contribution in [0.1, 0.15) is 37.3 Å². The first-order valence-corrected chi connectivity index (χ1v) is 9.98. The summed E-state index contributed by atoms with van der Waals surface area (Å²) >= 11 is 5.98. The summed E-state index contributed by atoms with van der Waals surface area (Å²) in [5, 5.41) is 6.43. The minimum Gasteiger partial charge on any atom is -0.450 e. The fraction of sp³-hybridized carbons (Fsp3) is 0.364. The topological polar surface area (TPSA) is 67.4 Å². The van der Waals surface area contributed by atoms with E-state index in [1.165, 1.54) is 0 Å². The highest BCUT2D eigenvalue weighted by Gasteiger charge is 2.45. The zero-order chi connectivity index (χ0) is 20.0. The monoisotopic (exact) mass is 400 g/mol. The van der Waals surface area contributed by atoms with E-state index in [0.29, 0.717) is 23.9 Å². The zero-order valence-corrected chi connectivity index (χ0v) is 16.7. The number of benzene rings is 2. The molecule has 6 heteroatoms. The minimum atomic E-state index is -0.462. The molecule has 1 aliphatic rings. The molecular formula is C22H25ClN2O3. The number of rotatable bonds is 7. The molecule has 0 aromatic heterocycles. The second-order valence-corrected chi connectivity index (χ2v) is 7.43. The summed E-state index contributed by atoms with van der Waals surface area (Å²) in [4.78, 5) is 24.3. The molecule has 5 nitrogen and oxygen atoms in total. The van der Waals surface area contributed by atoms with Gasteiger partial charge >= 0.3 is 6.09 Å². The number of carbonyl (C=O) groups excluding carboxylic acids is 2. The van der Waals surface area contributed by atoms with Gasteiger partial charge in [0.05, 0.1) is 12.0 Å². The van der Waals surface area contributed by atoms with E-state index in [0.717, 1.165) is 36.8 Å². The van der Waals surface area contributed by atoms with Gasteiger partial charge in [0.1, 0.15) is 0 Å². The molecule has 2 amide bonds. The Morgan fingerprint density at radius 3 is 2.32 bits per heavy atom. The van der Waals surface area contributed by atoms with Gasteiger partial charge in [0.2, 0.25) is 5.91 Å². The van der Waals surface area contributed by atoms with Crippen LogP contribution in [0, 0.1) is 0 Å². The van der Waals surface area contributed by atoms with E-state index >= 15 is 0 Å². The lowest BCUT2D eigenvalue weighted by molar-refractivity contribution is -0.129. The van der Waals surface area contributed by atoms with Gasteiger partial charge in [0.15, 0.2) is 0 Å². The standard InChI is InChI=1S/C22H25ClN2O3/c1-2-28-21(27)25-19-10-4-16(5-11-19)12-15-24-20(26)22(13-3-14-22)17-6-8-18(23)9-7-17/h4-11H,2-3,12-15H2,1H3,(H,24,26)(H,25,27). The van der Waals surface area contributed by atoms with Crippen LogP contribution in [0.3, 0.4) is 0 Å². The lowest BCUT2D eigenvalue weighted by Crippen LogP contribution is -2.49. The molecule has 1 saturated carbocycles. The first kappa shape index (κ1) is 20.2. The highest BCUT2D eigenvalue weighted by Crippen LogP contribution is 2.44. The van der Waals surface area contributed by atoms with E-state index in [-0.39, 0.29) is 5.91 Å². The molecule has 1 aliphatic carbocycles. The summed E-state index contributed by atoms with van der Waals surface area (Å²) in [6, 6.07) is 15.1. The Morgan fingerprint density at radius 1 is 1.07 bits per heavy atom. The summed E-state index contributed by atoms with van der Waals surface area (Å²) in [5.74, 6) is 0.0849. The number of nitrogens with one attached hydrogen (secondary N) is 2. The summed E-state index contributed by atoms with van der Waals surface area (Å²) < 4.78 is 4.85. The summed E-state index contributed by atoms with van der Waals surface area (Å²) in [6.07, 6.45) is 3.06. The Hall–Kier alpha value is -2.53. The molecule has 0 heterocycles. The van der Waals surface area contributed by atoms with Gasteiger partial charge in [-0.2, -0.15) is 0 Å². The molecule has 2 aromatic carbocycles. The Bertz CT molecular complexity index is 815. The van der Waals surface area contributed by atoms with Crippen LogP contribution in [0.5, 0.6) is 0 Å². The first-order chi connectivity index (χ1) is 13.5. The smallest absolute Gasteiger partial charge is 0.411 e. The van der Waals surface area contributed by atoms with Gasteiger partial charge < -0.3 is 10.1 Å². The molecule has 0 radical (unpaired) electrons. The quantitative estimate of drug-likeness (QED) is 0.708.